The Kier molecular flexibility index (Phi) is 15.3. The summed E-state index contributed by atoms with van der Waals surface area (Å²) in [4.78, 5) is 40.7. The Morgan fingerprint density at radius 1 is 0.921 bits per heavy atom. The van der Waals surface area contributed by atoms with Crippen LogP contribution < -0.4 is 10.1 Å². The molecule has 2 unspecified atom stereocenters. The summed E-state index contributed by atoms with van der Waals surface area (Å²) >= 11 is 0. The molecule has 0 aliphatic carbocycles. The summed E-state index contributed by atoms with van der Waals surface area (Å²) in [6.07, 6.45) is 6.34. The van der Waals surface area contributed by atoms with Crippen molar-refractivity contribution in [3.63, 3.8) is 0 Å². The van der Waals surface area contributed by atoms with Crippen LogP contribution in [0.3, 0.4) is 0 Å². The van der Waals surface area contributed by atoms with Gasteiger partial charge in [-0.25, -0.2) is 0 Å². The second-order valence-electron chi connectivity index (χ2n) is 20.2. The molecule has 2 spiro atoms. The van der Waals surface area contributed by atoms with E-state index >= 15 is 0 Å². The van der Waals surface area contributed by atoms with Crippen molar-refractivity contribution in [1.82, 2.24) is 5.32 Å². The largest absolute Gasteiger partial charge is 0.497 e. The van der Waals surface area contributed by atoms with Crippen LogP contribution in [0.25, 0.3) is 0 Å². The number of carbonyl (C=O) groups is 3. The molecule has 4 N–H and O–H groups in total. The number of ether oxygens (including phenoxy) is 6. The van der Waals surface area contributed by atoms with E-state index in [1.165, 1.54) is 0 Å². The first-order chi connectivity index (χ1) is 29.7. The van der Waals surface area contributed by atoms with E-state index in [0.29, 0.717) is 69.1 Å². The third kappa shape index (κ3) is 9.67. The maximum Gasteiger partial charge on any atom is 0.309 e. The van der Waals surface area contributed by atoms with Crippen molar-refractivity contribution in [2.45, 2.75) is 199 Å². The number of carboxylic acids is 1. The van der Waals surface area contributed by atoms with Gasteiger partial charge in [-0.2, -0.15) is 0 Å². The van der Waals surface area contributed by atoms with Crippen LogP contribution in [-0.2, 0) is 33.3 Å². The first kappa shape index (κ1) is 49.5. The van der Waals surface area contributed by atoms with Crippen LogP contribution in [-0.4, -0.2) is 106 Å². The molecule has 13 heteroatoms. The van der Waals surface area contributed by atoms with Gasteiger partial charge >= 0.3 is 5.97 Å². The lowest BCUT2D eigenvalue weighted by molar-refractivity contribution is -0.397. The van der Waals surface area contributed by atoms with Crippen molar-refractivity contribution in [1.29, 1.82) is 0 Å². The standard InChI is InChI=1S/C50H77NO12/c1-12-36(46(55)56)38-19-18-28(4)43(60-38)32(8)41(52)31(7)42(53)37(13-2)44-29(5)26-30(6)49(61-44)23-20-39(51-45(54)34-16-15-17-35(27-34)58-11)50(63-49)25-24-47(10,62-50)40-21-22-48(57,14-3)33(9)59-40/h15-17,20,23,27-33,36-41,43-44,52,57H,12-14,18-19,21-22,24-26H2,1-11H3,(H,51,54)(H,55,56)/t28-,29-,30+,31-,32-,33-,36+,37?,38+,39?,40+,41+,43+,44-,47-,48+,49-,50-/m0/s1. The molecule has 13 nitrogen and oxygen atoms in total. The number of ketones is 1. The predicted octanol–water partition coefficient (Wildman–Crippen LogP) is 7.63. The second-order valence-corrected chi connectivity index (χ2v) is 20.2. The van der Waals surface area contributed by atoms with Crippen molar-refractivity contribution in [3.8, 4) is 5.75 Å². The SMILES string of the molecule is CCC(C(=O)[C@@H](C)[C@@H](O)[C@H](C)[C@@H]1O[C@@H]([C@@H](CC)C(=O)O)CC[C@@H]1C)[C@H]1O[C@]2(C=CC(NC(=O)c3cccc(OC)c3)[C@]3(CC[C@@](C)([C@H]4CC[C@](O)(CC)[C@H](C)O4)O3)O2)[C@H](C)C[C@@H]1C. The zero-order valence-corrected chi connectivity index (χ0v) is 39.6. The topological polar surface area (TPSA) is 179 Å². The van der Waals surface area contributed by atoms with Gasteiger partial charge in [-0.1, -0.05) is 67.5 Å². The quantitative estimate of drug-likeness (QED) is 0.127. The van der Waals surface area contributed by atoms with Gasteiger partial charge in [0, 0.05) is 35.7 Å². The number of rotatable bonds is 15. The molecule has 354 valence electrons. The van der Waals surface area contributed by atoms with E-state index in [4.69, 9.17) is 28.4 Å². The number of aliphatic carboxylic acids is 1. The van der Waals surface area contributed by atoms with Gasteiger partial charge in [0.2, 0.25) is 0 Å². The van der Waals surface area contributed by atoms with Crippen molar-refractivity contribution >= 4 is 17.7 Å². The minimum absolute atomic E-state index is 0.0339. The zero-order chi connectivity index (χ0) is 46.2. The maximum absolute atomic E-state index is 14.7. The molecule has 6 rings (SSSR count). The van der Waals surface area contributed by atoms with E-state index in [1.807, 2.05) is 53.7 Å². The predicted molar refractivity (Wildman–Crippen MR) is 237 cm³/mol. The number of aliphatic hydroxyl groups is 2. The normalized spacial score (nSPS) is 40.5. The lowest BCUT2D eigenvalue weighted by atomic mass is 9.72. The number of methoxy groups -OCH3 is 1. The number of carboxylic acid groups (broad SMARTS) is 1. The van der Waals surface area contributed by atoms with Crippen LogP contribution in [0.5, 0.6) is 5.75 Å². The lowest BCUT2D eigenvalue weighted by Crippen LogP contribution is -2.65. The molecule has 5 heterocycles. The van der Waals surface area contributed by atoms with Gasteiger partial charge in [0.05, 0.1) is 60.9 Å². The van der Waals surface area contributed by atoms with Crippen molar-refractivity contribution in [3.05, 3.63) is 42.0 Å². The fraction of sp³-hybridized carbons (Fsp3) is 0.780. The molecule has 0 radical (unpaired) electrons. The Morgan fingerprint density at radius 3 is 2.27 bits per heavy atom. The van der Waals surface area contributed by atoms with Crippen LogP contribution in [0.4, 0.5) is 0 Å². The van der Waals surface area contributed by atoms with E-state index in [1.54, 1.807) is 38.3 Å². The van der Waals surface area contributed by atoms with Crippen molar-refractivity contribution < 1.29 is 58.1 Å². The molecule has 63 heavy (non-hydrogen) atoms. The summed E-state index contributed by atoms with van der Waals surface area (Å²) in [6.45, 7) is 19.6. The Hall–Kier alpha value is -2.91. The molecule has 0 aromatic heterocycles. The van der Waals surface area contributed by atoms with E-state index in [2.05, 4.69) is 26.1 Å². The summed E-state index contributed by atoms with van der Waals surface area (Å²) < 4.78 is 40.1. The highest BCUT2D eigenvalue weighted by atomic mass is 16.8. The lowest BCUT2D eigenvalue weighted by Gasteiger charge is -2.55. The molecule has 5 aliphatic rings. The highest BCUT2D eigenvalue weighted by molar-refractivity contribution is 5.95. The first-order valence-electron chi connectivity index (χ1n) is 23.9. The molecule has 18 atom stereocenters. The molecule has 5 aliphatic heterocycles. The molecule has 1 amide bonds. The van der Waals surface area contributed by atoms with E-state index in [-0.39, 0.29) is 35.5 Å². The first-order valence-corrected chi connectivity index (χ1v) is 23.9. The number of amides is 1. The van der Waals surface area contributed by atoms with E-state index in [9.17, 15) is 29.7 Å². The van der Waals surface area contributed by atoms with Gasteiger partial charge in [-0.05, 0) is 108 Å². The van der Waals surface area contributed by atoms with Crippen LogP contribution in [0.1, 0.15) is 144 Å². The van der Waals surface area contributed by atoms with E-state index < -0.39 is 89.0 Å². The fourth-order valence-electron chi connectivity index (χ4n) is 11.7. The molecule has 4 fully saturated rings. The molecule has 0 bridgehead atoms. The number of aliphatic hydroxyl groups excluding tert-OH is 1. The number of benzene rings is 1. The van der Waals surface area contributed by atoms with Crippen molar-refractivity contribution in [2.24, 2.45) is 41.4 Å². The van der Waals surface area contributed by atoms with Gasteiger partial charge in [0.25, 0.3) is 5.91 Å². The highest BCUT2D eigenvalue weighted by Gasteiger charge is 2.63. The Bertz CT molecular complexity index is 1810. The van der Waals surface area contributed by atoms with E-state index in [0.717, 1.165) is 6.42 Å². The monoisotopic (exact) mass is 884 g/mol. The number of nitrogens with one attached hydrogen (secondary N) is 1. The Morgan fingerprint density at radius 2 is 1.63 bits per heavy atom. The van der Waals surface area contributed by atoms with Gasteiger partial charge < -0.3 is 49.1 Å². The molecular weight excluding hydrogens is 807 g/mol. The van der Waals surface area contributed by atoms with Crippen LogP contribution >= 0.6 is 0 Å². The van der Waals surface area contributed by atoms with Gasteiger partial charge in [-0.3, -0.25) is 14.4 Å². The maximum atomic E-state index is 14.7. The molecular formula is C50H77NO12. The Balaban J connectivity index is 1.26. The Labute approximate surface area is 375 Å². The van der Waals surface area contributed by atoms with Gasteiger partial charge in [0.15, 0.2) is 11.6 Å². The smallest absolute Gasteiger partial charge is 0.309 e. The molecule has 0 saturated carbocycles. The van der Waals surface area contributed by atoms with Crippen LogP contribution in [0.15, 0.2) is 36.4 Å². The van der Waals surface area contributed by atoms with Gasteiger partial charge in [-0.15, -0.1) is 0 Å². The summed E-state index contributed by atoms with van der Waals surface area (Å²) in [5.41, 5.74) is -1.33. The van der Waals surface area contributed by atoms with Gasteiger partial charge in [0.1, 0.15) is 17.6 Å². The second kappa shape index (κ2) is 19.5. The van der Waals surface area contributed by atoms with Crippen molar-refractivity contribution in [2.75, 3.05) is 7.11 Å². The summed E-state index contributed by atoms with van der Waals surface area (Å²) in [5.74, 6) is -5.93. The third-order valence-corrected chi connectivity index (χ3v) is 16.1. The summed E-state index contributed by atoms with van der Waals surface area (Å²) in [5, 5.41) is 36.2. The average molecular weight is 884 g/mol. The summed E-state index contributed by atoms with van der Waals surface area (Å²) in [7, 11) is 1.56. The number of Topliss-reactive ketones (excluding diaryl/α,β-unsaturated/α-hetero) is 1. The molecule has 1 aromatic carbocycles. The summed E-state index contributed by atoms with van der Waals surface area (Å²) in [6, 6.07) is 6.23. The van der Waals surface area contributed by atoms with Crippen LogP contribution in [0.2, 0.25) is 0 Å². The van der Waals surface area contributed by atoms with Crippen LogP contribution in [0, 0.1) is 41.4 Å². The number of carbonyl (C=O) groups excluding carboxylic acids is 2. The minimum Gasteiger partial charge on any atom is -0.497 e. The zero-order valence-electron chi connectivity index (χ0n) is 39.6. The highest BCUT2D eigenvalue weighted by Crippen LogP contribution is 2.54. The molecule has 1 aromatic rings. The minimum atomic E-state index is -1.38. The number of hydrogen-bond acceptors (Lipinski definition) is 11. The fourth-order valence-corrected chi connectivity index (χ4v) is 11.7. The molecule has 4 saturated heterocycles. The number of hydrogen-bond donors (Lipinski definition) is 4. The average Bonchev–Trinajstić information content (AvgIpc) is 3.61. The third-order valence-electron chi connectivity index (χ3n) is 16.1.